The maximum absolute atomic E-state index is 9.07. The molecule has 1 saturated heterocycles. The van der Waals surface area contributed by atoms with Crippen LogP contribution in [0.15, 0.2) is 12.3 Å². The zero-order valence-electron chi connectivity index (χ0n) is 10.2. The predicted molar refractivity (Wildman–Crippen MR) is 70.1 cm³/mol. The van der Waals surface area contributed by atoms with Gasteiger partial charge in [-0.1, -0.05) is 13.8 Å². The second kappa shape index (κ2) is 4.92. The molecular weight excluding hydrogens is 232 g/mol. The molecule has 0 aromatic carbocycles. The van der Waals surface area contributed by atoms with E-state index in [1.807, 2.05) is 11.8 Å². The number of hydrogen-bond donors (Lipinski definition) is 0. The van der Waals surface area contributed by atoms with Gasteiger partial charge in [-0.2, -0.15) is 22.1 Å². The molecule has 1 fully saturated rings. The second-order valence-corrected chi connectivity index (χ2v) is 6.53. The summed E-state index contributed by atoms with van der Waals surface area (Å²) in [5.41, 5.74) is 0.615. The summed E-state index contributed by atoms with van der Waals surface area (Å²) in [6.45, 7) is 6.40. The molecule has 0 aliphatic carbocycles. The molecule has 0 bridgehead atoms. The van der Waals surface area contributed by atoms with Gasteiger partial charge >= 0.3 is 0 Å². The van der Waals surface area contributed by atoms with E-state index >= 15 is 0 Å². The Morgan fingerprint density at radius 1 is 1.47 bits per heavy atom. The highest BCUT2D eigenvalue weighted by atomic mass is 32.2. The number of rotatable bonds is 1. The van der Waals surface area contributed by atoms with Crippen LogP contribution in [0.3, 0.4) is 0 Å². The second-order valence-electron chi connectivity index (χ2n) is 4.73. The first-order chi connectivity index (χ1) is 8.12. The fraction of sp³-hybridized carbons (Fsp3) is 0.583. The molecule has 0 radical (unpaired) electrons. The molecule has 0 saturated carbocycles. The van der Waals surface area contributed by atoms with E-state index in [-0.39, 0.29) is 0 Å². The Bertz CT molecular complexity index is 438. The van der Waals surface area contributed by atoms with Gasteiger partial charge in [-0.05, 0) is 12.5 Å². The van der Waals surface area contributed by atoms with E-state index in [0.717, 1.165) is 31.1 Å². The largest absolute Gasteiger partial charge is 0.353 e. The van der Waals surface area contributed by atoms with Crippen molar-refractivity contribution < 1.29 is 0 Å². The molecule has 0 atom stereocenters. The standard InChI is InChI=1S/C12H16N4S/c1-12(2)4-6-16(7-8-17-12)11-10(9-13)3-5-14-15-11/h3,5H,4,6-8H2,1-2H3. The average molecular weight is 248 g/mol. The minimum absolute atomic E-state index is 0.309. The minimum Gasteiger partial charge on any atom is -0.353 e. The van der Waals surface area contributed by atoms with Crippen LogP contribution in [-0.4, -0.2) is 33.8 Å². The first kappa shape index (κ1) is 12.2. The van der Waals surface area contributed by atoms with Crippen LogP contribution in [0.1, 0.15) is 25.8 Å². The lowest BCUT2D eigenvalue weighted by molar-refractivity contribution is 0.633. The summed E-state index contributed by atoms with van der Waals surface area (Å²) in [7, 11) is 0. The van der Waals surface area contributed by atoms with Gasteiger partial charge in [-0.25, -0.2) is 0 Å². The van der Waals surface area contributed by atoms with Crippen molar-refractivity contribution in [3.8, 4) is 6.07 Å². The van der Waals surface area contributed by atoms with Gasteiger partial charge in [0, 0.05) is 23.6 Å². The van der Waals surface area contributed by atoms with Crippen LogP contribution >= 0.6 is 11.8 Å². The molecule has 0 unspecified atom stereocenters. The number of thioether (sulfide) groups is 1. The van der Waals surface area contributed by atoms with Crippen LogP contribution in [-0.2, 0) is 0 Å². The molecule has 1 aromatic heterocycles. The smallest absolute Gasteiger partial charge is 0.169 e. The van der Waals surface area contributed by atoms with E-state index in [0.29, 0.717) is 10.3 Å². The zero-order chi connectivity index (χ0) is 12.3. The molecule has 2 rings (SSSR count). The van der Waals surface area contributed by atoms with E-state index < -0.39 is 0 Å². The van der Waals surface area contributed by atoms with E-state index in [2.05, 4.69) is 35.0 Å². The SMILES string of the molecule is CC1(C)CCN(c2nnccc2C#N)CCS1. The molecule has 4 nitrogen and oxygen atoms in total. The fourth-order valence-electron chi connectivity index (χ4n) is 1.88. The van der Waals surface area contributed by atoms with Crippen LogP contribution in [0, 0.1) is 11.3 Å². The quantitative estimate of drug-likeness (QED) is 0.761. The molecule has 1 aliphatic rings. The lowest BCUT2D eigenvalue weighted by Crippen LogP contribution is -2.28. The topological polar surface area (TPSA) is 52.8 Å². The van der Waals surface area contributed by atoms with Gasteiger partial charge in [0.25, 0.3) is 0 Å². The first-order valence-electron chi connectivity index (χ1n) is 5.73. The van der Waals surface area contributed by atoms with Crippen LogP contribution in [0.2, 0.25) is 0 Å². The molecule has 5 heteroatoms. The summed E-state index contributed by atoms with van der Waals surface area (Å²) in [6.07, 6.45) is 2.66. The van der Waals surface area contributed by atoms with Gasteiger partial charge in [-0.15, -0.1) is 5.10 Å². The van der Waals surface area contributed by atoms with Crippen LogP contribution in [0.25, 0.3) is 0 Å². The monoisotopic (exact) mass is 248 g/mol. The molecule has 0 N–H and O–H groups in total. The molecule has 17 heavy (non-hydrogen) atoms. The van der Waals surface area contributed by atoms with E-state index in [1.165, 1.54) is 0 Å². The van der Waals surface area contributed by atoms with E-state index in [4.69, 9.17) is 5.26 Å². The highest BCUT2D eigenvalue weighted by Crippen LogP contribution is 2.32. The Morgan fingerprint density at radius 2 is 2.29 bits per heavy atom. The number of hydrogen-bond acceptors (Lipinski definition) is 5. The number of aromatic nitrogens is 2. The zero-order valence-corrected chi connectivity index (χ0v) is 11.0. The van der Waals surface area contributed by atoms with Gasteiger partial charge in [0.05, 0.1) is 11.8 Å². The fourth-order valence-corrected chi connectivity index (χ4v) is 2.98. The normalized spacial score (nSPS) is 19.5. The van der Waals surface area contributed by atoms with Gasteiger partial charge in [0.15, 0.2) is 5.82 Å². The summed E-state index contributed by atoms with van der Waals surface area (Å²) in [5, 5.41) is 17.1. The van der Waals surface area contributed by atoms with Crippen molar-refractivity contribution in [2.24, 2.45) is 0 Å². The Morgan fingerprint density at radius 3 is 3.06 bits per heavy atom. The summed E-state index contributed by atoms with van der Waals surface area (Å²) in [4.78, 5) is 2.17. The summed E-state index contributed by atoms with van der Waals surface area (Å²) >= 11 is 1.98. The summed E-state index contributed by atoms with van der Waals surface area (Å²) in [5.74, 6) is 1.79. The third-order valence-electron chi connectivity index (χ3n) is 2.96. The van der Waals surface area contributed by atoms with Gasteiger partial charge in [0.2, 0.25) is 0 Å². The lowest BCUT2D eigenvalue weighted by Gasteiger charge is -2.23. The number of anilines is 1. The average Bonchev–Trinajstić information content (AvgIpc) is 2.50. The van der Waals surface area contributed by atoms with Crippen LogP contribution in [0.5, 0.6) is 0 Å². The summed E-state index contributed by atoms with van der Waals surface area (Å²) < 4.78 is 0.309. The van der Waals surface area contributed by atoms with E-state index in [1.54, 1.807) is 12.3 Å². The van der Waals surface area contributed by atoms with E-state index in [9.17, 15) is 0 Å². The van der Waals surface area contributed by atoms with Crippen molar-refractivity contribution in [1.29, 1.82) is 5.26 Å². The van der Waals surface area contributed by atoms with Crippen molar-refractivity contribution in [1.82, 2.24) is 10.2 Å². The van der Waals surface area contributed by atoms with Crippen molar-refractivity contribution in [2.45, 2.75) is 25.0 Å². The van der Waals surface area contributed by atoms with Crippen molar-refractivity contribution >= 4 is 17.6 Å². The lowest BCUT2D eigenvalue weighted by atomic mass is 10.1. The number of nitriles is 1. The third kappa shape index (κ3) is 2.89. The Balaban J connectivity index is 2.20. The third-order valence-corrected chi connectivity index (χ3v) is 4.33. The molecule has 1 aliphatic heterocycles. The highest BCUT2D eigenvalue weighted by molar-refractivity contribution is 8.00. The van der Waals surface area contributed by atoms with Gasteiger partial charge < -0.3 is 4.90 Å². The van der Waals surface area contributed by atoms with Crippen LogP contribution in [0.4, 0.5) is 5.82 Å². The molecule has 0 amide bonds. The molecule has 2 heterocycles. The first-order valence-corrected chi connectivity index (χ1v) is 6.72. The van der Waals surface area contributed by atoms with Crippen molar-refractivity contribution in [3.63, 3.8) is 0 Å². The maximum atomic E-state index is 9.07. The Hall–Kier alpha value is -1.28. The Kier molecular flexibility index (Phi) is 3.53. The predicted octanol–water partition coefficient (Wildman–Crippen LogP) is 2.07. The maximum Gasteiger partial charge on any atom is 0.169 e. The molecule has 0 spiro atoms. The van der Waals surface area contributed by atoms with Crippen molar-refractivity contribution in [3.05, 3.63) is 17.8 Å². The summed E-state index contributed by atoms with van der Waals surface area (Å²) in [6, 6.07) is 3.91. The van der Waals surface area contributed by atoms with Gasteiger partial charge in [0.1, 0.15) is 6.07 Å². The molecular formula is C12H16N4S. The number of nitrogens with zero attached hydrogens (tertiary/aromatic N) is 4. The minimum atomic E-state index is 0.309. The van der Waals surface area contributed by atoms with Crippen LogP contribution < -0.4 is 4.90 Å². The molecule has 1 aromatic rings. The highest BCUT2D eigenvalue weighted by Gasteiger charge is 2.25. The molecule has 90 valence electrons. The Labute approximate surface area is 106 Å². The van der Waals surface area contributed by atoms with Crippen molar-refractivity contribution in [2.75, 3.05) is 23.7 Å². The van der Waals surface area contributed by atoms with Gasteiger partial charge in [-0.3, -0.25) is 0 Å².